The van der Waals surface area contributed by atoms with Crippen LogP contribution in [0.15, 0.2) is 60.7 Å². The van der Waals surface area contributed by atoms with Gasteiger partial charge in [0.15, 0.2) is 11.5 Å². The van der Waals surface area contributed by atoms with E-state index in [-0.39, 0.29) is 18.4 Å². The number of hydrogen-bond acceptors (Lipinski definition) is 5. The van der Waals surface area contributed by atoms with Gasteiger partial charge in [0.2, 0.25) is 17.6 Å². The Bertz CT molecular complexity index is 1560. The molecule has 8 nitrogen and oxygen atoms in total. The van der Waals surface area contributed by atoms with E-state index in [1.807, 2.05) is 48.5 Å². The summed E-state index contributed by atoms with van der Waals surface area (Å²) in [6.45, 7) is 0.316. The zero-order valence-corrected chi connectivity index (χ0v) is 22.6. The number of ether oxygens (including phenoxy) is 3. The van der Waals surface area contributed by atoms with Crippen molar-refractivity contribution >= 4 is 34.3 Å². The lowest BCUT2D eigenvalue weighted by molar-refractivity contribution is -0.159. The monoisotopic (exact) mass is 545 g/mol. The number of fused-ring (bicyclic) bond motifs is 4. The molecule has 1 saturated heterocycles. The third kappa shape index (κ3) is 4.15. The number of H-pyrrole nitrogens is 1. The zero-order valence-electron chi connectivity index (χ0n) is 21.9. The fraction of sp³-hybridized carbons (Fsp3) is 0.267. The molecule has 2 aliphatic heterocycles. The quantitative estimate of drug-likeness (QED) is 0.379. The van der Waals surface area contributed by atoms with Crippen LogP contribution in [0.5, 0.6) is 17.2 Å². The highest BCUT2D eigenvalue weighted by atomic mass is 35.5. The Kier molecular flexibility index (Phi) is 6.35. The summed E-state index contributed by atoms with van der Waals surface area (Å²) in [4.78, 5) is 34.8. The van der Waals surface area contributed by atoms with Gasteiger partial charge in [-0.15, -0.1) is 0 Å². The van der Waals surface area contributed by atoms with Gasteiger partial charge in [0, 0.05) is 34.6 Å². The molecular weight excluding hydrogens is 518 g/mol. The van der Waals surface area contributed by atoms with Crippen LogP contribution in [0.1, 0.15) is 28.4 Å². The van der Waals surface area contributed by atoms with Gasteiger partial charge in [0.05, 0.1) is 27.4 Å². The van der Waals surface area contributed by atoms with E-state index in [1.165, 1.54) is 0 Å². The summed E-state index contributed by atoms with van der Waals surface area (Å²) >= 11 is 6.05. The van der Waals surface area contributed by atoms with E-state index >= 15 is 0 Å². The fourth-order valence-electron chi connectivity index (χ4n) is 5.87. The van der Waals surface area contributed by atoms with E-state index < -0.39 is 12.1 Å². The minimum atomic E-state index is -0.658. The average Bonchev–Trinajstić information content (AvgIpc) is 3.33. The third-order valence-corrected chi connectivity index (χ3v) is 7.88. The number of hydrogen-bond donors (Lipinski definition) is 1. The van der Waals surface area contributed by atoms with Gasteiger partial charge in [-0.2, -0.15) is 0 Å². The van der Waals surface area contributed by atoms with Crippen molar-refractivity contribution < 1.29 is 23.8 Å². The third-order valence-electron chi connectivity index (χ3n) is 7.63. The number of para-hydroxylation sites is 1. The molecule has 1 N–H and O–H groups in total. The maximum atomic E-state index is 14.0. The molecule has 0 bridgehead atoms. The van der Waals surface area contributed by atoms with Crippen LogP contribution in [0.25, 0.3) is 10.9 Å². The van der Waals surface area contributed by atoms with Crippen molar-refractivity contribution in [3.05, 3.63) is 88.1 Å². The molecule has 2 aliphatic rings. The molecule has 39 heavy (non-hydrogen) atoms. The number of benzene rings is 3. The number of methoxy groups -OCH3 is 3. The average molecular weight is 546 g/mol. The summed E-state index contributed by atoms with van der Waals surface area (Å²) in [5.74, 6) is 1.20. The predicted molar refractivity (Wildman–Crippen MR) is 147 cm³/mol. The number of carbonyl (C=O) groups is 2. The molecule has 9 heteroatoms. The number of aromatic nitrogens is 1. The Labute approximate surface area is 231 Å². The first-order valence-electron chi connectivity index (χ1n) is 12.7. The molecule has 3 heterocycles. The second kappa shape index (κ2) is 9.85. The van der Waals surface area contributed by atoms with Crippen molar-refractivity contribution in [3.63, 3.8) is 0 Å². The molecule has 0 saturated carbocycles. The number of amides is 2. The SMILES string of the molecule is COc1cc([C@H]2c3[nH]c4ccccc4c3C[C@@H]3C(=O)N(Cc4ccc(Cl)cc4)CC(=O)N23)cc(OC)c1OC. The van der Waals surface area contributed by atoms with E-state index in [4.69, 9.17) is 25.8 Å². The highest BCUT2D eigenvalue weighted by Crippen LogP contribution is 2.47. The van der Waals surface area contributed by atoms with Crippen LogP contribution >= 0.6 is 11.6 Å². The highest BCUT2D eigenvalue weighted by Gasteiger charge is 2.48. The van der Waals surface area contributed by atoms with Crippen molar-refractivity contribution in [1.29, 1.82) is 0 Å². The molecular formula is C30H28ClN3O5. The first-order valence-corrected chi connectivity index (χ1v) is 13.0. The van der Waals surface area contributed by atoms with Crippen LogP contribution in [-0.4, -0.2) is 60.5 Å². The maximum Gasteiger partial charge on any atom is 0.246 e. The Hall–Kier alpha value is -4.17. The number of carbonyl (C=O) groups excluding carboxylic acids is 2. The summed E-state index contributed by atoms with van der Waals surface area (Å²) in [6.07, 6.45) is 0.419. The molecule has 2 atom stereocenters. The number of nitrogens with zero attached hydrogens (tertiary/aromatic N) is 2. The van der Waals surface area contributed by atoms with E-state index in [1.54, 1.807) is 43.3 Å². The van der Waals surface area contributed by atoms with Gasteiger partial charge in [-0.25, -0.2) is 0 Å². The largest absolute Gasteiger partial charge is 0.493 e. The topological polar surface area (TPSA) is 84.1 Å². The van der Waals surface area contributed by atoms with Gasteiger partial charge >= 0.3 is 0 Å². The first-order chi connectivity index (χ1) is 18.9. The molecule has 200 valence electrons. The molecule has 0 aliphatic carbocycles. The van der Waals surface area contributed by atoms with Crippen LogP contribution in [0.3, 0.4) is 0 Å². The van der Waals surface area contributed by atoms with Crippen molar-refractivity contribution in [2.24, 2.45) is 0 Å². The van der Waals surface area contributed by atoms with E-state index in [0.29, 0.717) is 35.2 Å². The molecule has 3 aromatic carbocycles. The van der Waals surface area contributed by atoms with Crippen molar-refractivity contribution in [1.82, 2.24) is 14.8 Å². The van der Waals surface area contributed by atoms with Crippen molar-refractivity contribution in [2.75, 3.05) is 27.9 Å². The molecule has 2 amide bonds. The van der Waals surface area contributed by atoms with Crippen LogP contribution in [0, 0.1) is 0 Å². The maximum absolute atomic E-state index is 14.0. The molecule has 0 radical (unpaired) electrons. The standard InChI is InChI=1S/C30H28ClN3O5/c1-37-24-12-18(13-25(38-2)29(24)39-3)28-27-21(20-6-4-5-7-22(20)32-27)14-23-30(36)33(16-26(35)34(23)28)15-17-8-10-19(31)11-9-17/h4-13,23,28,32H,14-16H2,1-3H3/t23-,28+/m1/s1. The number of nitrogens with one attached hydrogen (secondary N) is 1. The lowest BCUT2D eigenvalue weighted by atomic mass is 9.86. The second-order valence-corrected chi connectivity index (χ2v) is 10.2. The van der Waals surface area contributed by atoms with Gasteiger partial charge in [-0.3, -0.25) is 9.59 Å². The smallest absolute Gasteiger partial charge is 0.246 e. The summed E-state index contributed by atoms with van der Waals surface area (Å²) < 4.78 is 16.8. The van der Waals surface area contributed by atoms with Crippen LogP contribution < -0.4 is 14.2 Å². The highest BCUT2D eigenvalue weighted by molar-refractivity contribution is 6.30. The summed E-state index contributed by atoms with van der Waals surface area (Å²) in [7, 11) is 4.67. The normalized spacial score (nSPS) is 18.7. The predicted octanol–water partition coefficient (Wildman–Crippen LogP) is 4.73. The van der Waals surface area contributed by atoms with Gasteiger partial charge in [-0.05, 0) is 47.0 Å². The fourth-order valence-corrected chi connectivity index (χ4v) is 6.00. The Morgan fingerprint density at radius 2 is 1.64 bits per heavy atom. The Balaban J connectivity index is 1.48. The zero-order chi connectivity index (χ0) is 27.3. The van der Waals surface area contributed by atoms with E-state index in [2.05, 4.69) is 4.98 Å². The molecule has 1 fully saturated rings. The van der Waals surface area contributed by atoms with Crippen molar-refractivity contribution in [2.45, 2.75) is 25.0 Å². The minimum absolute atomic E-state index is 0.0194. The molecule has 4 aromatic rings. The summed E-state index contributed by atoms with van der Waals surface area (Å²) in [5.41, 5.74) is 4.54. The first kappa shape index (κ1) is 25.1. The van der Waals surface area contributed by atoms with Gasteiger partial charge in [-0.1, -0.05) is 41.9 Å². The second-order valence-electron chi connectivity index (χ2n) is 9.77. The van der Waals surface area contributed by atoms with Crippen molar-refractivity contribution in [3.8, 4) is 17.2 Å². The number of rotatable bonds is 6. The van der Waals surface area contributed by atoms with Gasteiger partial charge < -0.3 is 29.0 Å². The summed E-state index contributed by atoms with van der Waals surface area (Å²) in [6, 6.07) is 17.8. The lowest BCUT2D eigenvalue weighted by Gasteiger charge is -2.47. The van der Waals surface area contributed by atoms with Crippen LogP contribution in [-0.2, 0) is 22.6 Å². The molecule has 1 aromatic heterocycles. The molecule has 6 rings (SSSR count). The number of halogens is 1. The Morgan fingerprint density at radius 1 is 0.949 bits per heavy atom. The number of piperazine rings is 1. The van der Waals surface area contributed by atoms with Gasteiger partial charge in [0.1, 0.15) is 12.6 Å². The number of aromatic amines is 1. The van der Waals surface area contributed by atoms with E-state index in [0.717, 1.165) is 33.3 Å². The Morgan fingerprint density at radius 3 is 2.31 bits per heavy atom. The van der Waals surface area contributed by atoms with Crippen LogP contribution in [0.4, 0.5) is 0 Å². The molecule has 0 spiro atoms. The lowest BCUT2D eigenvalue weighted by Crippen LogP contribution is -2.62. The summed E-state index contributed by atoms with van der Waals surface area (Å²) in [5, 5.41) is 1.66. The minimum Gasteiger partial charge on any atom is -0.493 e. The van der Waals surface area contributed by atoms with E-state index in [9.17, 15) is 9.59 Å². The van der Waals surface area contributed by atoms with Crippen LogP contribution in [0.2, 0.25) is 5.02 Å². The molecule has 0 unspecified atom stereocenters. The van der Waals surface area contributed by atoms with Gasteiger partial charge in [0.25, 0.3) is 0 Å².